The van der Waals surface area contributed by atoms with Crippen LogP contribution in [0.5, 0.6) is 0 Å². The molecule has 152 valence electrons. The maximum Gasteiger partial charge on any atom is 0.241 e. The van der Waals surface area contributed by atoms with Gasteiger partial charge in [0.1, 0.15) is 6.54 Å². The molecule has 9 heteroatoms. The first-order valence-electron chi connectivity index (χ1n) is 8.53. The first kappa shape index (κ1) is 22.8. The highest BCUT2D eigenvalue weighted by molar-refractivity contribution is 7.92. The van der Waals surface area contributed by atoms with Crippen LogP contribution < -0.4 is 9.62 Å². The van der Waals surface area contributed by atoms with Crippen molar-refractivity contribution >= 4 is 56.4 Å². The molecule has 0 aliphatic rings. The summed E-state index contributed by atoms with van der Waals surface area (Å²) in [5.74, 6) is -0.473. The zero-order chi connectivity index (χ0) is 21.1. The van der Waals surface area contributed by atoms with Gasteiger partial charge in [0, 0.05) is 0 Å². The molecule has 0 aliphatic heterocycles. The third-order valence-electron chi connectivity index (χ3n) is 4.21. The van der Waals surface area contributed by atoms with E-state index in [1.165, 1.54) is 17.7 Å². The molecule has 0 radical (unpaired) electrons. The van der Waals surface area contributed by atoms with Gasteiger partial charge in [-0.25, -0.2) is 8.42 Å². The molecule has 0 fully saturated rings. The minimum atomic E-state index is -3.79. The van der Waals surface area contributed by atoms with Crippen molar-refractivity contribution in [3.63, 3.8) is 0 Å². The number of sulfonamides is 1. The normalized spacial score (nSPS) is 12.5. The number of aryl methyl sites for hydroxylation is 1. The fourth-order valence-electron chi connectivity index (χ4n) is 2.63. The Hall–Kier alpha value is -1.47. The van der Waals surface area contributed by atoms with Crippen LogP contribution in [0.3, 0.4) is 0 Å². The second-order valence-electron chi connectivity index (χ2n) is 6.37. The Morgan fingerprint density at radius 1 is 1.07 bits per heavy atom. The van der Waals surface area contributed by atoms with Crippen molar-refractivity contribution in [1.29, 1.82) is 0 Å². The van der Waals surface area contributed by atoms with Crippen molar-refractivity contribution in [3.8, 4) is 0 Å². The lowest BCUT2D eigenvalue weighted by Crippen LogP contribution is -2.41. The number of hydrogen-bond acceptors (Lipinski definition) is 3. The van der Waals surface area contributed by atoms with Crippen LogP contribution in [0.15, 0.2) is 36.4 Å². The van der Waals surface area contributed by atoms with E-state index in [0.717, 1.165) is 22.5 Å². The van der Waals surface area contributed by atoms with E-state index in [9.17, 15) is 13.2 Å². The van der Waals surface area contributed by atoms with Crippen molar-refractivity contribution in [2.45, 2.75) is 26.3 Å². The lowest BCUT2D eigenvalue weighted by Gasteiger charge is -2.24. The molecular weight excluding hydrogens is 443 g/mol. The summed E-state index contributed by atoms with van der Waals surface area (Å²) >= 11 is 18.0. The van der Waals surface area contributed by atoms with Crippen molar-refractivity contribution < 1.29 is 13.2 Å². The average molecular weight is 464 g/mol. The zero-order valence-electron chi connectivity index (χ0n) is 15.7. The Balaban J connectivity index is 2.21. The molecule has 1 atom stereocenters. The van der Waals surface area contributed by atoms with Crippen LogP contribution in [0.25, 0.3) is 0 Å². The Labute approximate surface area is 180 Å². The first-order chi connectivity index (χ1) is 13.0. The van der Waals surface area contributed by atoms with Crippen LogP contribution in [0.1, 0.15) is 31.0 Å². The summed E-state index contributed by atoms with van der Waals surface area (Å²) in [5.41, 5.74) is 2.21. The molecule has 5 nitrogen and oxygen atoms in total. The summed E-state index contributed by atoms with van der Waals surface area (Å²) in [4.78, 5) is 12.5. The van der Waals surface area contributed by atoms with Crippen LogP contribution in [0.4, 0.5) is 5.69 Å². The van der Waals surface area contributed by atoms with Gasteiger partial charge in [-0.15, -0.1) is 0 Å². The van der Waals surface area contributed by atoms with Crippen molar-refractivity contribution in [2.24, 2.45) is 0 Å². The lowest BCUT2D eigenvalue weighted by atomic mass is 10.1. The third kappa shape index (κ3) is 5.77. The van der Waals surface area contributed by atoms with E-state index >= 15 is 0 Å². The van der Waals surface area contributed by atoms with Crippen LogP contribution in [0, 0.1) is 0 Å². The van der Waals surface area contributed by atoms with Gasteiger partial charge in [0.15, 0.2) is 0 Å². The monoisotopic (exact) mass is 462 g/mol. The minimum absolute atomic E-state index is 0.0795. The number of carbonyl (C=O) groups is 1. The summed E-state index contributed by atoms with van der Waals surface area (Å²) in [6, 6.07) is 10.3. The SMILES string of the molecule is CCc1ccc(C(C)NC(=O)CN(c2cc(Cl)c(Cl)cc2Cl)S(C)(=O)=O)cc1. The lowest BCUT2D eigenvalue weighted by molar-refractivity contribution is -0.120. The Morgan fingerprint density at radius 3 is 2.18 bits per heavy atom. The first-order valence-corrected chi connectivity index (χ1v) is 11.5. The largest absolute Gasteiger partial charge is 0.348 e. The zero-order valence-corrected chi connectivity index (χ0v) is 18.8. The molecule has 1 unspecified atom stereocenters. The second kappa shape index (κ2) is 9.35. The average Bonchev–Trinajstić information content (AvgIpc) is 2.62. The van der Waals surface area contributed by atoms with E-state index in [0.29, 0.717) is 0 Å². The quantitative estimate of drug-likeness (QED) is 0.597. The molecule has 1 N–H and O–H groups in total. The number of anilines is 1. The number of nitrogens with one attached hydrogen (secondary N) is 1. The smallest absolute Gasteiger partial charge is 0.241 e. The number of amides is 1. The van der Waals surface area contributed by atoms with Crippen LogP contribution in [-0.4, -0.2) is 27.1 Å². The molecular formula is C19H21Cl3N2O3S. The van der Waals surface area contributed by atoms with Gasteiger partial charge in [0.2, 0.25) is 15.9 Å². The Morgan fingerprint density at radius 2 is 1.64 bits per heavy atom. The van der Waals surface area contributed by atoms with Gasteiger partial charge in [-0.1, -0.05) is 66.0 Å². The minimum Gasteiger partial charge on any atom is -0.348 e. The van der Waals surface area contributed by atoms with Gasteiger partial charge < -0.3 is 5.32 Å². The highest BCUT2D eigenvalue weighted by atomic mass is 35.5. The van der Waals surface area contributed by atoms with E-state index in [4.69, 9.17) is 34.8 Å². The van der Waals surface area contributed by atoms with Gasteiger partial charge in [-0.2, -0.15) is 0 Å². The fraction of sp³-hybridized carbons (Fsp3) is 0.316. The van der Waals surface area contributed by atoms with E-state index < -0.39 is 22.5 Å². The molecule has 0 bridgehead atoms. The molecule has 28 heavy (non-hydrogen) atoms. The highest BCUT2D eigenvalue weighted by Crippen LogP contribution is 2.35. The topological polar surface area (TPSA) is 66.5 Å². The fourth-order valence-corrected chi connectivity index (χ4v) is 4.18. The van der Waals surface area contributed by atoms with Gasteiger partial charge >= 0.3 is 0 Å². The number of halogens is 3. The third-order valence-corrected chi connectivity index (χ3v) is 6.36. The molecule has 0 aliphatic carbocycles. The molecule has 0 saturated carbocycles. The summed E-state index contributed by atoms with van der Waals surface area (Å²) in [6.45, 7) is 3.46. The maximum absolute atomic E-state index is 12.5. The second-order valence-corrected chi connectivity index (χ2v) is 9.50. The van der Waals surface area contributed by atoms with Crippen molar-refractivity contribution in [2.75, 3.05) is 17.1 Å². The highest BCUT2D eigenvalue weighted by Gasteiger charge is 2.25. The van der Waals surface area contributed by atoms with Gasteiger partial charge in [-0.3, -0.25) is 9.10 Å². The Kier molecular flexibility index (Phi) is 7.62. The standard InChI is InChI=1S/C19H21Cl3N2O3S/c1-4-13-5-7-14(8-6-13)12(2)23-19(25)11-24(28(3,26)27)18-10-16(21)15(20)9-17(18)22/h5-10,12H,4,11H2,1-3H3,(H,23,25). The summed E-state index contributed by atoms with van der Waals surface area (Å²) in [6.07, 6.45) is 1.92. The molecule has 2 aromatic rings. The van der Waals surface area contributed by atoms with E-state index in [2.05, 4.69) is 12.2 Å². The van der Waals surface area contributed by atoms with E-state index in [1.54, 1.807) is 0 Å². The number of nitrogens with zero attached hydrogens (tertiary/aromatic N) is 1. The molecule has 2 aromatic carbocycles. The predicted molar refractivity (Wildman–Crippen MR) is 116 cm³/mol. The number of rotatable bonds is 7. The molecule has 2 rings (SSSR count). The van der Waals surface area contributed by atoms with Crippen LogP contribution in [0.2, 0.25) is 15.1 Å². The molecule has 0 heterocycles. The van der Waals surface area contributed by atoms with Gasteiger partial charge in [-0.05, 0) is 36.6 Å². The van der Waals surface area contributed by atoms with Gasteiger partial charge in [0.25, 0.3) is 0 Å². The maximum atomic E-state index is 12.5. The van der Waals surface area contributed by atoms with Crippen molar-refractivity contribution in [1.82, 2.24) is 5.32 Å². The molecule has 0 spiro atoms. The van der Waals surface area contributed by atoms with Crippen LogP contribution >= 0.6 is 34.8 Å². The number of benzene rings is 2. The van der Waals surface area contributed by atoms with Crippen molar-refractivity contribution in [3.05, 3.63) is 62.6 Å². The summed E-state index contributed by atoms with van der Waals surface area (Å²) in [5, 5.41) is 3.21. The Bertz CT molecular complexity index is 963. The van der Waals surface area contributed by atoms with Crippen LogP contribution in [-0.2, 0) is 21.2 Å². The summed E-state index contributed by atoms with van der Waals surface area (Å²) in [7, 11) is -3.79. The molecule has 0 saturated heterocycles. The van der Waals surface area contributed by atoms with E-state index in [1.807, 2.05) is 31.2 Å². The number of hydrogen-bond donors (Lipinski definition) is 1. The predicted octanol–water partition coefficient (Wildman–Crippen LogP) is 4.85. The van der Waals surface area contributed by atoms with Gasteiger partial charge in [0.05, 0.1) is 33.1 Å². The number of carbonyl (C=O) groups excluding carboxylic acids is 1. The molecule has 1 amide bonds. The molecule has 0 aromatic heterocycles. The van der Waals surface area contributed by atoms with E-state index in [-0.39, 0.29) is 26.8 Å². The summed E-state index contributed by atoms with van der Waals surface area (Å²) < 4.78 is 25.4.